The molecule has 1 fully saturated rings. The SMILES string of the molecule is COC(=O)C1(S(=O)(=O)c2ccc(Br)cc2)CCCCC1. The lowest BCUT2D eigenvalue weighted by Crippen LogP contribution is -2.48. The highest BCUT2D eigenvalue weighted by Gasteiger charge is 2.52. The summed E-state index contributed by atoms with van der Waals surface area (Å²) in [4.78, 5) is 12.3. The van der Waals surface area contributed by atoms with E-state index in [1.807, 2.05) is 0 Å². The number of ether oxygens (including phenoxy) is 1. The summed E-state index contributed by atoms with van der Waals surface area (Å²) < 4.78 is 30.0. The van der Waals surface area contributed by atoms with E-state index in [1.165, 1.54) is 19.2 Å². The van der Waals surface area contributed by atoms with E-state index in [1.54, 1.807) is 12.1 Å². The van der Waals surface area contributed by atoms with E-state index in [0.717, 1.165) is 23.7 Å². The monoisotopic (exact) mass is 360 g/mol. The van der Waals surface area contributed by atoms with Gasteiger partial charge in [-0.3, -0.25) is 4.79 Å². The Balaban J connectivity index is 2.52. The third-order valence-corrected chi connectivity index (χ3v) is 6.88. The van der Waals surface area contributed by atoms with Gasteiger partial charge in [0.1, 0.15) is 0 Å². The zero-order valence-corrected chi connectivity index (χ0v) is 13.7. The van der Waals surface area contributed by atoms with Crippen molar-refractivity contribution >= 4 is 31.7 Å². The number of halogens is 1. The van der Waals surface area contributed by atoms with E-state index >= 15 is 0 Å². The fourth-order valence-electron chi connectivity index (χ4n) is 2.73. The summed E-state index contributed by atoms with van der Waals surface area (Å²) in [5.74, 6) is -0.639. The molecular weight excluding hydrogens is 344 g/mol. The number of carbonyl (C=O) groups is 1. The van der Waals surface area contributed by atoms with Crippen molar-refractivity contribution in [2.45, 2.75) is 41.7 Å². The van der Waals surface area contributed by atoms with E-state index in [-0.39, 0.29) is 4.90 Å². The second-order valence-corrected chi connectivity index (χ2v) is 8.18. The van der Waals surface area contributed by atoms with Crippen molar-refractivity contribution < 1.29 is 17.9 Å². The van der Waals surface area contributed by atoms with Crippen LogP contribution in [0.25, 0.3) is 0 Å². The fourth-order valence-corrected chi connectivity index (χ4v) is 5.07. The van der Waals surface area contributed by atoms with Gasteiger partial charge in [-0.05, 0) is 37.1 Å². The normalized spacial score (nSPS) is 18.5. The van der Waals surface area contributed by atoms with Crippen molar-refractivity contribution in [2.24, 2.45) is 0 Å². The zero-order chi connectivity index (χ0) is 14.8. The number of methoxy groups -OCH3 is 1. The summed E-state index contributed by atoms with van der Waals surface area (Å²) in [5, 5.41) is 0. The van der Waals surface area contributed by atoms with Gasteiger partial charge in [0.2, 0.25) is 0 Å². The first-order valence-electron chi connectivity index (χ1n) is 6.53. The molecule has 0 heterocycles. The van der Waals surface area contributed by atoms with Crippen LogP contribution in [0.1, 0.15) is 32.1 Å². The van der Waals surface area contributed by atoms with Crippen LogP contribution in [-0.2, 0) is 19.4 Å². The van der Waals surface area contributed by atoms with Gasteiger partial charge in [0.25, 0.3) is 0 Å². The highest BCUT2D eigenvalue weighted by atomic mass is 79.9. The molecule has 0 amide bonds. The van der Waals surface area contributed by atoms with Gasteiger partial charge < -0.3 is 4.74 Å². The largest absolute Gasteiger partial charge is 0.468 e. The van der Waals surface area contributed by atoms with Gasteiger partial charge in [0.05, 0.1) is 12.0 Å². The Kier molecular flexibility index (Phi) is 4.54. The minimum absolute atomic E-state index is 0.174. The predicted molar refractivity (Wildman–Crippen MR) is 79.2 cm³/mol. The van der Waals surface area contributed by atoms with Crippen molar-refractivity contribution in [3.8, 4) is 0 Å². The van der Waals surface area contributed by atoms with Crippen LogP contribution >= 0.6 is 15.9 Å². The van der Waals surface area contributed by atoms with Crippen molar-refractivity contribution in [1.29, 1.82) is 0 Å². The van der Waals surface area contributed by atoms with E-state index in [9.17, 15) is 13.2 Å². The molecule has 0 aliphatic heterocycles. The third kappa shape index (κ3) is 2.51. The summed E-state index contributed by atoms with van der Waals surface area (Å²) in [6.45, 7) is 0. The summed E-state index contributed by atoms with van der Waals surface area (Å²) in [6.07, 6.45) is 3.07. The molecule has 1 aliphatic carbocycles. The van der Waals surface area contributed by atoms with E-state index in [2.05, 4.69) is 15.9 Å². The number of sulfone groups is 1. The van der Waals surface area contributed by atoms with Gasteiger partial charge in [-0.15, -0.1) is 0 Å². The van der Waals surface area contributed by atoms with E-state index < -0.39 is 20.6 Å². The molecule has 0 unspecified atom stereocenters. The van der Waals surface area contributed by atoms with Crippen LogP contribution in [-0.4, -0.2) is 26.2 Å². The first-order chi connectivity index (χ1) is 9.44. The van der Waals surface area contributed by atoms with Crippen molar-refractivity contribution in [2.75, 3.05) is 7.11 Å². The maximum atomic E-state index is 12.9. The lowest BCUT2D eigenvalue weighted by atomic mass is 9.88. The van der Waals surface area contributed by atoms with Gasteiger partial charge >= 0.3 is 5.97 Å². The highest BCUT2D eigenvalue weighted by Crippen LogP contribution is 2.40. The van der Waals surface area contributed by atoms with Gasteiger partial charge in [-0.2, -0.15) is 0 Å². The smallest absolute Gasteiger partial charge is 0.327 e. The Morgan fingerprint density at radius 2 is 1.70 bits per heavy atom. The van der Waals surface area contributed by atoms with Crippen molar-refractivity contribution in [3.05, 3.63) is 28.7 Å². The first-order valence-corrected chi connectivity index (χ1v) is 8.80. The highest BCUT2D eigenvalue weighted by molar-refractivity contribution is 9.10. The lowest BCUT2D eigenvalue weighted by Gasteiger charge is -2.33. The number of benzene rings is 1. The van der Waals surface area contributed by atoms with Gasteiger partial charge in [0.15, 0.2) is 14.6 Å². The summed E-state index contributed by atoms with van der Waals surface area (Å²) in [7, 11) is -2.50. The van der Waals surface area contributed by atoms with Crippen molar-refractivity contribution in [1.82, 2.24) is 0 Å². The predicted octanol–water partition coefficient (Wildman–Crippen LogP) is 3.10. The van der Waals surface area contributed by atoms with Crippen LogP contribution in [0.2, 0.25) is 0 Å². The Labute approximate surface area is 127 Å². The molecular formula is C14H17BrO4S. The van der Waals surface area contributed by atoms with Crippen molar-refractivity contribution in [3.63, 3.8) is 0 Å². The molecule has 6 heteroatoms. The van der Waals surface area contributed by atoms with Gasteiger partial charge in [-0.25, -0.2) is 8.42 Å². The number of esters is 1. The van der Waals surface area contributed by atoms with Crippen LogP contribution in [0.4, 0.5) is 0 Å². The Hall–Kier alpha value is -0.880. The van der Waals surface area contributed by atoms with Gasteiger partial charge in [0, 0.05) is 4.47 Å². The minimum atomic E-state index is -3.75. The third-order valence-electron chi connectivity index (χ3n) is 3.86. The average molecular weight is 361 g/mol. The van der Waals surface area contributed by atoms with E-state index in [4.69, 9.17) is 4.74 Å². The molecule has 0 N–H and O–H groups in total. The Bertz CT molecular complexity index is 586. The number of hydrogen-bond acceptors (Lipinski definition) is 4. The topological polar surface area (TPSA) is 60.4 Å². The molecule has 0 atom stereocenters. The summed E-state index contributed by atoms with van der Waals surface area (Å²) in [5.41, 5.74) is 0. The van der Waals surface area contributed by atoms with Crippen LogP contribution in [0.3, 0.4) is 0 Å². The number of carbonyl (C=O) groups excluding carboxylic acids is 1. The number of hydrogen-bond donors (Lipinski definition) is 0. The fraction of sp³-hybridized carbons (Fsp3) is 0.500. The van der Waals surface area contributed by atoms with Crippen LogP contribution in [0, 0.1) is 0 Å². The molecule has 1 aromatic rings. The average Bonchev–Trinajstić information content (AvgIpc) is 2.47. The molecule has 1 aromatic carbocycles. The van der Waals surface area contributed by atoms with Gasteiger partial charge in [-0.1, -0.05) is 35.2 Å². The maximum Gasteiger partial charge on any atom is 0.327 e. The number of rotatable bonds is 3. The molecule has 0 radical (unpaired) electrons. The molecule has 0 aromatic heterocycles. The molecule has 2 rings (SSSR count). The van der Waals surface area contributed by atoms with Crippen LogP contribution in [0.15, 0.2) is 33.6 Å². The second kappa shape index (κ2) is 5.85. The molecule has 0 bridgehead atoms. The molecule has 110 valence electrons. The zero-order valence-electron chi connectivity index (χ0n) is 11.3. The van der Waals surface area contributed by atoms with E-state index in [0.29, 0.717) is 12.8 Å². The molecule has 1 aliphatic rings. The maximum absolute atomic E-state index is 12.9. The molecule has 0 saturated heterocycles. The first kappa shape index (κ1) is 15.5. The van der Waals surface area contributed by atoms with Crippen LogP contribution < -0.4 is 0 Å². The molecule has 20 heavy (non-hydrogen) atoms. The Morgan fingerprint density at radius 1 is 1.15 bits per heavy atom. The molecule has 4 nitrogen and oxygen atoms in total. The lowest BCUT2D eigenvalue weighted by molar-refractivity contribution is -0.144. The minimum Gasteiger partial charge on any atom is -0.468 e. The Morgan fingerprint density at radius 3 is 2.20 bits per heavy atom. The standard InChI is InChI=1S/C14H17BrO4S/c1-19-13(16)14(9-3-2-4-10-14)20(17,18)12-7-5-11(15)6-8-12/h5-8H,2-4,9-10H2,1H3. The quantitative estimate of drug-likeness (QED) is 0.777. The molecule has 0 spiro atoms. The second-order valence-electron chi connectivity index (χ2n) is 5.00. The summed E-state index contributed by atoms with van der Waals surface area (Å²) in [6, 6.07) is 6.39. The van der Waals surface area contributed by atoms with Crippen LogP contribution in [0.5, 0.6) is 0 Å². The molecule has 1 saturated carbocycles. The summed E-state index contributed by atoms with van der Waals surface area (Å²) >= 11 is 3.28.